The number of nitrogens with zero attached hydrogens (tertiary/aromatic N) is 4. The Morgan fingerprint density at radius 1 is 1.56 bits per heavy atom. The minimum Gasteiger partial charge on any atom is -0.350 e. The van der Waals surface area contributed by atoms with Crippen LogP contribution >= 0.6 is 0 Å². The van der Waals surface area contributed by atoms with Crippen LogP contribution in [0.5, 0.6) is 0 Å². The molecule has 1 N–H and O–H groups in total. The first-order valence-electron chi connectivity index (χ1n) is 5.49. The second kappa shape index (κ2) is 4.90. The van der Waals surface area contributed by atoms with Gasteiger partial charge in [-0.15, -0.1) is 0 Å². The van der Waals surface area contributed by atoms with E-state index in [-0.39, 0.29) is 0 Å². The molecule has 0 radical (unpaired) electrons. The van der Waals surface area contributed by atoms with E-state index in [0.29, 0.717) is 11.7 Å². The number of likely N-dealkylation sites (N-methyl/N-ethyl adjacent to an activating group) is 1. The molecule has 2 rings (SSSR count). The zero-order chi connectivity index (χ0) is 11.4. The number of hydrogen-bond acceptors (Lipinski definition) is 5. The first kappa shape index (κ1) is 10.8. The lowest BCUT2D eigenvalue weighted by atomic mass is 10.2. The summed E-state index contributed by atoms with van der Waals surface area (Å²) >= 11 is 0. The van der Waals surface area contributed by atoms with Crippen LogP contribution in [0.25, 0.3) is 0 Å². The van der Waals surface area contributed by atoms with Crippen molar-refractivity contribution >= 4 is 5.82 Å². The van der Waals surface area contributed by atoms with E-state index in [1.807, 2.05) is 7.05 Å². The third-order valence-electron chi connectivity index (χ3n) is 2.87. The Balaban J connectivity index is 2.26. The lowest BCUT2D eigenvalue weighted by Crippen LogP contribution is -2.37. The van der Waals surface area contributed by atoms with Crippen LogP contribution < -0.4 is 10.2 Å². The fraction of sp³-hybridized carbons (Fsp3) is 0.545. The average Bonchev–Trinajstić information content (AvgIpc) is 2.77. The molecule has 1 atom stereocenters. The topological polar surface area (TPSA) is 64.8 Å². The van der Waals surface area contributed by atoms with Crippen LogP contribution in [0.1, 0.15) is 18.5 Å². The van der Waals surface area contributed by atoms with Crippen molar-refractivity contribution in [1.82, 2.24) is 15.3 Å². The predicted molar refractivity (Wildman–Crippen MR) is 61.0 cm³/mol. The SMILES string of the molecule is CNCC1CCCN1c1nccnc1C#N. The van der Waals surface area contributed by atoms with Gasteiger partial charge in [-0.2, -0.15) is 5.26 Å². The molecule has 0 bridgehead atoms. The highest BCUT2D eigenvalue weighted by Gasteiger charge is 2.27. The molecular formula is C11H15N5. The van der Waals surface area contributed by atoms with Gasteiger partial charge >= 0.3 is 0 Å². The Morgan fingerprint density at radius 2 is 2.38 bits per heavy atom. The van der Waals surface area contributed by atoms with E-state index in [2.05, 4.69) is 26.3 Å². The minimum absolute atomic E-state index is 0.422. The van der Waals surface area contributed by atoms with E-state index in [0.717, 1.165) is 31.7 Å². The number of rotatable bonds is 3. The fourth-order valence-electron chi connectivity index (χ4n) is 2.18. The van der Waals surface area contributed by atoms with Crippen LogP contribution in [0.2, 0.25) is 0 Å². The summed E-state index contributed by atoms with van der Waals surface area (Å²) in [5, 5.41) is 12.2. The maximum Gasteiger partial charge on any atom is 0.183 e. The van der Waals surface area contributed by atoms with E-state index >= 15 is 0 Å². The molecule has 1 unspecified atom stereocenters. The van der Waals surface area contributed by atoms with Crippen LogP contribution in [0.4, 0.5) is 5.82 Å². The summed E-state index contributed by atoms with van der Waals surface area (Å²) < 4.78 is 0. The Labute approximate surface area is 95.1 Å². The van der Waals surface area contributed by atoms with Crippen molar-refractivity contribution in [3.8, 4) is 6.07 Å². The molecule has 2 heterocycles. The van der Waals surface area contributed by atoms with Gasteiger partial charge in [0.05, 0.1) is 0 Å². The summed E-state index contributed by atoms with van der Waals surface area (Å²) in [6.45, 7) is 1.88. The standard InChI is InChI=1S/C11H15N5/c1-13-8-9-3-2-6-16(9)11-10(7-12)14-4-5-15-11/h4-5,9,13H,2-3,6,8H2,1H3. The largest absolute Gasteiger partial charge is 0.350 e. The van der Waals surface area contributed by atoms with Crippen molar-refractivity contribution in [3.63, 3.8) is 0 Å². The highest BCUT2D eigenvalue weighted by molar-refractivity contribution is 5.51. The zero-order valence-electron chi connectivity index (χ0n) is 9.35. The molecule has 0 aromatic carbocycles. The summed E-state index contributed by atoms with van der Waals surface area (Å²) in [5.41, 5.74) is 0.422. The highest BCUT2D eigenvalue weighted by Crippen LogP contribution is 2.24. The first-order chi connectivity index (χ1) is 7.86. The van der Waals surface area contributed by atoms with E-state index in [4.69, 9.17) is 5.26 Å². The van der Waals surface area contributed by atoms with Crippen molar-refractivity contribution in [1.29, 1.82) is 5.26 Å². The molecule has 1 aliphatic rings. The van der Waals surface area contributed by atoms with Gasteiger partial charge in [-0.3, -0.25) is 0 Å². The quantitative estimate of drug-likeness (QED) is 0.800. The van der Waals surface area contributed by atoms with E-state index in [1.54, 1.807) is 12.4 Å². The van der Waals surface area contributed by atoms with Crippen molar-refractivity contribution in [2.75, 3.05) is 25.0 Å². The maximum absolute atomic E-state index is 9.00. The number of nitrogens with one attached hydrogen (secondary N) is 1. The molecular weight excluding hydrogens is 202 g/mol. The lowest BCUT2D eigenvalue weighted by molar-refractivity contribution is 0.610. The van der Waals surface area contributed by atoms with Crippen LogP contribution in [-0.2, 0) is 0 Å². The normalized spacial score (nSPS) is 19.8. The number of anilines is 1. The number of aromatic nitrogens is 2. The van der Waals surface area contributed by atoms with Crippen molar-refractivity contribution in [2.24, 2.45) is 0 Å². The van der Waals surface area contributed by atoms with Crippen molar-refractivity contribution < 1.29 is 0 Å². The first-order valence-corrected chi connectivity index (χ1v) is 5.49. The van der Waals surface area contributed by atoms with Gasteiger partial charge in [-0.25, -0.2) is 9.97 Å². The molecule has 1 aromatic heterocycles. The second-order valence-electron chi connectivity index (χ2n) is 3.89. The third-order valence-corrected chi connectivity index (χ3v) is 2.87. The molecule has 84 valence electrons. The van der Waals surface area contributed by atoms with Gasteiger partial charge in [-0.1, -0.05) is 0 Å². The second-order valence-corrected chi connectivity index (χ2v) is 3.89. The van der Waals surface area contributed by atoms with Crippen LogP contribution in [0, 0.1) is 11.3 Å². The highest BCUT2D eigenvalue weighted by atomic mass is 15.2. The lowest BCUT2D eigenvalue weighted by Gasteiger charge is -2.25. The zero-order valence-corrected chi connectivity index (χ0v) is 9.35. The molecule has 1 aliphatic heterocycles. The molecule has 5 heteroatoms. The van der Waals surface area contributed by atoms with Crippen molar-refractivity contribution in [2.45, 2.75) is 18.9 Å². The van der Waals surface area contributed by atoms with Gasteiger partial charge in [0.15, 0.2) is 11.5 Å². The molecule has 1 saturated heterocycles. The molecule has 1 fully saturated rings. The number of nitriles is 1. The Morgan fingerprint density at radius 3 is 3.12 bits per heavy atom. The minimum atomic E-state index is 0.422. The summed E-state index contributed by atoms with van der Waals surface area (Å²) in [6, 6.07) is 2.52. The van der Waals surface area contributed by atoms with Crippen LogP contribution in [0.3, 0.4) is 0 Å². The summed E-state index contributed by atoms with van der Waals surface area (Å²) in [4.78, 5) is 10.5. The predicted octanol–water partition coefficient (Wildman–Crippen LogP) is 0.536. The van der Waals surface area contributed by atoms with Crippen LogP contribution in [0.15, 0.2) is 12.4 Å². The summed E-state index contributed by atoms with van der Waals surface area (Å²) in [6.07, 6.45) is 5.49. The maximum atomic E-state index is 9.00. The molecule has 16 heavy (non-hydrogen) atoms. The molecule has 5 nitrogen and oxygen atoms in total. The van der Waals surface area contributed by atoms with Crippen molar-refractivity contribution in [3.05, 3.63) is 18.1 Å². The van der Waals surface area contributed by atoms with E-state index in [9.17, 15) is 0 Å². The molecule has 0 spiro atoms. The van der Waals surface area contributed by atoms with Gasteiger partial charge in [0, 0.05) is 31.5 Å². The van der Waals surface area contributed by atoms with Gasteiger partial charge in [0.2, 0.25) is 0 Å². The molecule has 1 aromatic rings. The average molecular weight is 217 g/mol. The van der Waals surface area contributed by atoms with Gasteiger partial charge in [0.25, 0.3) is 0 Å². The van der Waals surface area contributed by atoms with Gasteiger partial charge < -0.3 is 10.2 Å². The fourth-order valence-corrected chi connectivity index (χ4v) is 2.18. The number of hydrogen-bond donors (Lipinski definition) is 1. The Hall–Kier alpha value is -1.67. The summed E-state index contributed by atoms with van der Waals surface area (Å²) in [7, 11) is 1.94. The third kappa shape index (κ3) is 1.97. The molecule has 0 aliphatic carbocycles. The van der Waals surface area contributed by atoms with Crippen LogP contribution in [-0.4, -0.2) is 36.1 Å². The van der Waals surface area contributed by atoms with Gasteiger partial charge in [0.1, 0.15) is 6.07 Å². The summed E-state index contributed by atoms with van der Waals surface area (Å²) in [5.74, 6) is 0.725. The molecule has 0 saturated carbocycles. The Bertz CT molecular complexity index is 398. The van der Waals surface area contributed by atoms with Gasteiger partial charge in [-0.05, 0) is 19.9 Å². The van der Waals surface area contributed by atoms with E-state index in [1.165, 1.54) is 0 Å². The molecule has 0 amide bonds. The Kier molecular flexibility index (Phi) is 3.32. The smallest absolute Gasteiger partial charge is 0.183 e. The monoisotopic (exact) mass is 217 g/mol. The van der Waals surface area contributed by atoms with E-state index < -0.39 is 0 Å².